The number of para-hydroxylation sites is 1. The van der Waals surface area contributed by atoms with Crippen LogP contribution in [-0.4, -0.2) is 39.8 Å². The van der Waals surface area contributed by atoms with Crippen LogP contribution in [0.5, 0.6) is 0 Å². The third kappa shape index (κ3) is 5.08. The first-order valence-corrected chi connectivity index (χ1v) is 13.5. The Hall–Kier alpha value is -3.56. The van der Waals surface area contributed by atoms with E-state index in [-0.39, 0.29) is 30.0 Å². The number of rotatable bonds is 6. The van der Waals surface area contributed by atoms with Gasteiger partial charge in [-0.2, -0.15) is 18.3 Å². The van der Waals surface area contributed by atoms with Gasteiger partial charge >= 0.3 is 12.2 Å². The van der Waals surface area contributed by atoms with Crippen LogP contribution in [0.25, 0.3) is 0 Å². The molecule has 0 radical (unpaired) electrons. The summed E-state index contributed by atoms with van der Waals surface area (Å²) >= 11 is 0. The molecule has 2 amide bonds. The van der Waals surface area contributed by atoms with E-state index in [1.54, 1.807) is 17.0 Å². The fraction of sp³-hybridized carbons (Fsp3) is 0.448. The van der Waals surface area contributed by atoms with E-state index in [0.717, 1.165) is 36.6 Å². The summed E-state index contributed by atoms with van der Waals surface area (Å²) in [5.41, 5.74) is 1.59. The zero-order chi connectivity index (χ0) is 27.3. The van der Waals surface area contributed by atoms with Crippen molar-refractivity contribution in [1.29, 1.82) is 0 Å². The Morgan fingerprint density at radius 1 is 1.00 bits per heavy atom. The van der Waals surface area contributed by atoms with Crippen molar-refractivity contribution in [1.82, 2.24) is 14.7 Å². The van der Waals surface area contributed by atoms with Crippen LogP contribution in [0.2, 0.25) is 0 Å². The molecule has 3 heterocycles. The first-order valence-electron chi connectivity index (χ1n) is 13.5. The van der Waals surface area contributed by atoms with Gasteiger partial charge in [0.15, 0.2) is 5.82 Å². The fourth-order valence-electron chi connectivity index (χ4n) is 5.90. The molecule has 0 unspecified atom stereocenters. The highest BCUT2D eigenvalue weighted by Crippen LogP contribution is 2.38. The summed E-state index contributed by atoms with van der Waals surface area (Å²) in [5, 5.41) is 4.67. The first kappa shape index (κ1) is 25.7. The lowest BCUT2D eigenvalue weighted by molar-refractivity contribution is -0.138. The summed E-state index contributed by atoms with van der Waals surface area (Å²) in [6.07, 6.45) is 0.960. The fourth-order valence-corrected chi connectivity index (χ4v) is 5.90. The van der Waals surface area contributed by atoms with E-state index in [0.29, 0.717) is 49.9 Å². The average Bonchev–Trinajstić information content (AvgIpc) is 3.62. The van der Waals surface area contributed by atoms with Crippen molar-refractivity contribution in [3.63, 3.8) is 0 Å². The molecule has 206 valence electrons. The van der Waals surface area contributed by atoms with Gasteiger partial charge < -0.3 is 9.80 Å². The Bertz CT molecular complexity index is 1350. The Labute approximate surface area is 224 Å². The molecule has 2 aromatic carbocycles. The molecule has 1 saturated heterocycles. The summed E-state index contributed by atoms with van der Waals surface area (Å²) in [7, 11) is 0. The Balaban J connectivity index is 1.27. The normalized spacial score (nSPS) is 18.6. The maximum absolute atomic E-state index is 14.6. The molecule has 0 N–H and O–H groups in total. The maximum Gasteiger partial charge on any atom is 0.416 e. The predicted molar refractivity (Wildman–Crippen MR) is 140 cm³/mol. The smallest absolute Gasteiger partial charge is 0.369 e. The van der Waals surface area contributed by atoms with Crippen LogP contribution in [0.3, 0.4) is 0 Å². The number of hydrogen-bond acceptors (Lipinski definition) is 3. The van der Waals surface area contributed by atoms with E-state index in [2.05, 4.69) is 5.10 Å². The monoisotopic (exact) mass is 541 g/mol. The molecule has 3 aliphatic rings. The molecule has 39 heavy (non-hydrogen) atoms. The van der Waals surface area contributed by atoms with Crippen molar-refractivity contribution >= 4 is 17.5 Å². The molecule has 1 saturated carbocycles. The van der Waals surface area contributed by atoms with Crippen LogP contribution < -0.4 is 9.80 Å². The number of fused-ring (bicyclic) bond motifs is 1. The number of anilines is 2. The number of amides is 2. The van der Waals surface area contributed by atoms with E-state index in [9.17, 15) is 22.4 Å². The molecule has 3 aromatic rings. The average molecular weight is 542 g/mol. The molecule has 2 aliphatic heterocycles. The van der Waals surface area contributed by atoms with Gasteiger partial charge in [-0.05, 0) is 61.8 Å². The topological polar surface area (TPSA) is 44.6 Å². The SMILES string of the molecule is Cc1cccc(F)c1N1CCC(N2Cc3cn(CC4CC4)nc3N(Cc3ccccc3C(F)(F)F)C2=O)CC1. The summed E-state index contributed by atoms with van der Waals surface area (Å²) < 4.78 is 57.8. The third-order valence-corrected chi connectivity index (χ3v) is 8.09. The largest absolute Gasteiger partial charge is 0.416 e. The van der Waals surface area contributed by atoms with Crippen LogP contribution in [0.1, 0.15) is 47.9 Å². The number of aryl methyl sites for hydroxylation is 1. The van der Waals surface area contributed by atoms with Crippen LogP contribution in [0.4, 0.5) is 33.9 Å². The summed E-state index contributed by atoms with van der Waals surface area (Å²) in [5.74, 6) is 0.738. The number of alkyl halides is 3. The van der Waals surface area contributed by atoms with Crippen molar-refractivity contribution < 1.29 is 22.4 Å². The van der Waals surface area contributed by atoms with E-state index in [1.807, 2.05) is 28.8 Å². The van der Waals surface area contributed by atoms with Crippen molar-refractivity contribution in [2.24, 2.45) is 5.92 Å². The molecule has 2 fully saturated rings. The molecule has 10 heteroatoms. The predicted octanol–water partition coefficient (Wildman–Crippen LogP) is 6.37. The standard InChI is InChI=1S/C29H31F4N5O/c1-19-5-4-8-25(30)26(19)35-13-11-23(12-14-35)37-18-22-16-36(15-20-9-10-20)34-27(22)38(28(37)39)17-21-6-2-3-7-24(21)29(31,32)33/h2-8,16,20,23H,9-15,17-18H2,1H3. The number of aromatic nitrogens is 2. The number of halogens is 4. The second-order valence-electron chi connectivity index (χ2n) is 10.9. The molecule has 6 nitrogen and oxygen atoms in total. The molecule has 0 spiro atoms. The highest BCUT2D eigenvalue weighted by atomic mass is 19.4. The van der Waals surface area contributed by atoms with Crippen LogP contribution >= 0.6 is 0 Å². The lowest BCUT2D eigenvalue weighted by Gasteiger charge is -2.43. The van der Waals surface area contributed by atoms with Gasteiger partial charge in [0.1, 0.15) is 5.82 Å². The lowest BCUT2D eigenvalue weighted by atomic mass is 10.00. The molecular formula is C29H31F4N5O. The van der Waals surface area contributed by atoms with Gasteiger partial charge in [0.05, 0.1) is 24.3 Å². The van der Waals surface area contributed by atoms with Gasteiger partial charge in [-0.1, -0.05) is 30.3 Å². The minimum Gasteiger partial charge on any atom is -0.369 e. The second-order valence-corrected chi connectivity index (χ2v) is 10.9. The van der Waals surface area contributed by atoms with E-state index >= 15 is 0 Å². The van der Waals surface area contributed by atoms with Gasteiger partial charge in [-0.3, -0.25) is 9.58 Å². The van der Waals surface area contributed by atoms with Crippen molar-refractivity contribution in [2.45, 2.75) is 64.5 Å². The molecule has 0 atom stereocenters. The number of hydrogen-bond donors (Lipinski definition) is 0. The van der Waals surface area contributed by atoms with Crippen molar-refractivity contribution in [2.75, 3.05) is 22.9 Å². The van der Waals surface area contributed by atoms with Gasteiger partial charge in [-0.25, -0.2) is 9.18 Å². The van der Waals surface area contributed by atoms with Crippen LogP contribution in [-0.2, 0) is 25.8 Å². The maximum atomic E-state index is 14.6. The number of benzene rings is 2. The molecule has 0 bridgehead atoms. The lowest BCUT2D eigenvalue weighted by Crippen LogP contribution is -2.54. The van der Waals surface area contributed by atoms with Gasteiger partial charge in [0.2, 0.25) is 0 Å². The van der Waals surface area contributed by atoms with Gasteiger partial charge in [0.25, 0.3) is 0 Å². The molecule has 1 aromatic heterocycles. The highest BCUT2D eigenvalue weighted by molar-refractivity contribution is 5.94. The first-order chi connectivity index (χ1) is 18.7. The number of carbonyl (C=O) groups is 1. The summed E-state index contributed by atoms with van der Waals surface area (Å²) in [6, 6.07) is 9.98. The number of carbonyl (C=O) groups excluding carboxylic acids is 1. The highest BCUT2D eigenvalue weighted by Gasteiger charge is 2.40. The van der Waals surface area contributed by atoms with Crippen molar-refractivity contribution in [3.05, 3.63) is 76.7 Å². The summed E-state index contributed by atoms with van der Waals surface area (Å²) in [4.78, 5) is 19.1. The number of nitrogens with zero attached hydrogens (tertiary/aromatic N) is 5. The Morgan fingerprint density at radius 2 is 1.74 bits per heavy atom. The van der Waals surface area contributed by atoms with Crippen LogP contribution in [0, 0.1) is 18.7 Å². The van der Waals surface area contributed by atoms with Crippen molar-refractivity contribution in [3.8, 4) is 0 Å². The minimum atomic E-state index is -4.53. The zero-order valence-electron chi connectivity index (χ0n) is 21.8. The molecule has 1 aliphatic carbocycles. The quantitative estimate of drug-likeness (QED) is 0.341. The Kier molecular flexibility index (Phi) is 6.51. The van der Waals surface area contributed by atoms with E-state index in [1.165, 1.54) is 23.1 Å². The van der Waals surface area contributed by atoms with E-state index in [4.69, 9.17) is 0 Å². The van der Waals surface area contributed by atoms with Gasteiger partial charge in [0, 0.05) is 37.4 Å². The van der Waals surface area contributed by atoms with Gasteiger partial charge in [-0.15, -0.1) is 0 Å². The summed E-state index contributed by atoms with van der Waals surface area (Å²) in [6.45, 7) is 3.94. The number of piperidine rings is 1. The molecular weight excluding hydrogens is 510 g/mol. The second kappa shape index (κ2) is 9.88. The zero-order valence-corrected chi connectivity index (χ0v) is 21.8. The number of urea groups is 1. The molecule has 6 rings (SSSR count). The minimum absolute atomic E-state index is 0.0349. The van der Waals surface area contributed by atoms with E-state index < -0.39 is 11.7 Å². The Morgan fingerprint density at radius 3 is 2.44 bits per heavy atom. The third-order valence-electron chi connectivity index (χ3n) is 8.09. The van der Waals surface area contributed by atoms with Crippen LogP contribution in [0.15, 0.2) is 48.7 Å².